The lowest BCUT2D eigenvalue weighted by molar-refractivity contribution is -0.166. The van der Waals surface area contributed by atoms with E-state index in [1.807, 2.05) is 0 Å². The van der Waals surface area contributed by atoms with E-state index in [2.05, 4.69) is 16.6 Å². The van der Waals surface area contributed by atoms with Crippen molar-refractivity contribution in [2.75, 3.05) is 13.2 Å². The summed E-state index contributed by atoms with van der Waals surface area (Å²) in [6.07, 6.45) is -2.69. The first kappa shape index (κ1) is 15.2. The van der Waals surface area contributed by atoms with Crippen LogP contribution in [0.5, 0.6) is 0 Å². The molecule has 0 spiro atoms. The molecule has 0 aromatic heterocycles. The Morgan fingerprint density at radius 1 is 1.38 bits per heavy atom. The molecule has 2 nitrogen and oxygen atoms in total. The highest BCUT2D eigenvalue weighted by atomic mass is 19.3. The van der Waals surface area contributed by atoms with E-state index in [-0.39, 0.29) is 6.61 Å². The van der Waals surface area contributed by atoms with Crippen LogP contribution in [0.2, 0.25) is 0 Å². The van der Waals surface area contributed by atoms with E-state index in [4.69, 9.17) is 5.73 Å². The number of hydrogen-bond acceptors (Lipinski definition) is 2. The quantitative estimate of drug-likeness (QED) is 0.547. The summed E-state index contributed by atoms with van der Waals surface area (Å²) in [6.45, 7) is 0.191. The minimum absolute atomic E-state index is 0.173. The van der Waals surface area contributed by atoms with Gasteiger partial charge in [0.05, 0.1) is 6.61 Å². The summed E-state index contributed by atoms with van der Waals surface area (Å²) in [5, 5.41) is 0. The van der Waals surface area contributed by atoms with Crippen LogP contribution in [-0.4, -0.2) is 31.6 Å². The average Bonchev–Trinajstić information content (AvgIpc) is 2.17. The summed E-state index contributed by atoms with van der Waals surface area (Å²) >= 11 is 0. The fourth-order valence-electron chi connectivity index (χ4n) is 0.875. The van der Waals surface area contributed by atoms with Crippen molar-refractivity contribution in [1.82, 2.24) is 0 Å². The molecule has 0 saturated heterocycles. The van der Waals surface area contributed by atoms with Gasteiger partial charge in [-0.3, -0.25) is 0 Å². The predicted octanol–water partition coefficient (Wildman–Crippen LogP) is 2.03. The van der Waals surface area contributed by atoms with Crippen LogP contribution in [0, 0.1) is 11.8 Å². The Labute approximate surface area is 92.1 Å². The van der Waals surface area contributed by atoms with Gasteiger partial charge in [0.15, 0.2) is 0 Å². The third-order valence-corrected chi connectivity index (χ3v) is 1.76. The Morgan fingerprint density at radius 3 is 2.50 bits per heavy atom. The summed E-state index contributed by atoms with van der Waals surface area (Å²) in [5.41, 5.74) is 5.49. The van der Waals surface area contributed by atoms with Crippen molar-refractivity contribution in [2.24, 2.45) is 5.73 Å². The van der Waals surface area contributed by atoms with E-state index >= 15 is 0 Å². The van der Waals surface area contributed by atoms with Gasteiger partial charge in [0, 0.05) is 12.5 Å². The Kier molecular flexibility index (Phi) is 7.10. The minimum atomic E-state index is -4.11. The maximum atomic E-state index is 12.4. The van der Waals surface area contributed by atoms with Crippen LogP contribution in [0.25, 0.3) is 0 Å². The zero-order valence-electron chi connectivity index (χ0n) is 8.98. The topological polar surface area (TPSA) is 35.2 Å². The first-order valence-electron chi connectivity index (χ1n) is 4.79. The summed E-state index contributed by atoms with van der Waals surface area (Å²) in [5.74, 6) is 1.29. The van der Waals surface area contributed by atoms with Crippen LogP contribution < -0.4 is 5.73 Å². The molecule has 94 valence electrons. The van der Waals surface area contributed by atoms with Crippen molar-refractivity contribution in [1.29, 1.82) is 0 Å². The van der Waals surface area contributed by atoms with Crippen LogP contribution in [0.4, 0.5) is 17.6 Å². The second-order valence-electron chi connectivity index (χ2n) is 3.30. The lowest BCUT2D eigenvalue weighted by atomic mass is 10.2. The van der Waals surface area contributed by atoms with Crippen molar-refractivity contribution in [3.8, 4) is 11.8 Å². The lowest BCUT2D eigenvalue weighted by Crippen LogP contribution is -2.35. The molecule has 0 aliphatic rings. The summed E-state index contributed by atoms with van der Waals surface area (Å²) < 4.78 is 52.6. The number of ether oxygens (including phenoxy) is 1. The highest BCUT2D eigenvalue weighted by Gasteiger charge is 2.40. The van der Waals surface area contributed by atoms with Crippen LogP contribution in [0.3, 0.4) is 0 Å². The monoisotopic (exact) mass is 241 g/mol. The SMILES string of the molecule is CC#CCCC(N)COCC(F)(F)C(F)F. The first-order valence-corrected chi connectivity index (χ1v) is 4.79. The largest absolute Gasteiger partial charge is 0.373 e. The third-order valence-electron chi connectivity index (χ3n) is 1.76. The molecule has 2 N–H and O–H groups in total. The molecular weight excluding hydrogens is 226 g/mol. The van der Waals surface area contributed by atoms with Gasteiger partial charge in [-0.2, -0.15) is 8.78 Å². The maximum absolute atomic E-state index is 12.4. The van der Waals surface area contributed by atoms with E-state index < -0.39 is 25.0 Å². The van der Waals surface area contributed by atoms with E-state index in [1.54, 1.807) is 6.92 Å². The minimum Gasteiger partial charge on any atom is -0.373 e. The van der Waals surface area contributed by atoms with Gasteiger partial charge >= 0.3 is 12.3 Å². The van der Waals surface area contributed by atoms with Gasteiger partial charge in [0.1, 0.15) is 6.61 Å². The molecule has 0 aromatic rings. The van der Waals surface area contributed by atoms with Gasteiger partial charge in [-0.1, -0.05) is 0 Å². The van der Waals surface area contributed by atoms with E-state index in [0.29, 0.717) is 12.8 Å². The molecule has 16 heavy (non-hydrogen) atoms. The fourth-order valence-corrected chi connectivity index (χ4v) is 0.875. The fraction of sp³-hybridized carbons (Fsp3) is 0.800. The van der Waals surface area contributed by atoms with Crippen molar-refractivity contribution < 1.29 is 22.3 Å². The number of rotatable bonds is 7. The van der Waals surface area contributed by atoms with Crippen LogP contribution >= 0.6 is 0 Å². The Balaban J connectivity index is 3.67. The second kappa shape index (κ2) is 7.47. The van der Waals surface area contributed by atoms with Crippen LogP contribution in [0.1, 0.15) is 19.8 Å². The van der Waals surface area contributed by atoms with Gasteiger partial charge in [-0.05, 0) is 13.3 Å². The van der Waals surface area contributed by atoms with E-state index in [0.717, 1.165) is 0 Å². The molecule has 0 aromatic carbocycles. The molecule has 0 rings (SSSR count). The standard InChI is InChI=1S/C10H15F4NO/c1-2-3-4-5-8(15)6-16-7-10(13,14)9(11)12/h8-9H,4-7,15H2,1H3. The zero-order valence-corrected chi connectivity index (χ0v) is 8.98. The predicted molar refractivity (Wildman–Crippen MR) is 52.4 cm³/mol. The Hall–Kier alpha value is -0.800. The third kappa shape index (κ3) is 6.64. The molecule has 0 fully saturated rings. The Bertz CT molecular complexity index is 247. The molecule has 6 heteroatoms. The van der Waals surface area contributed by atoms with Crippen LogP contribution in [0.15, 0.2) is 0 Å². The van der Waals surface area contributed by atoms with Gasteiger partial charge in [0.2, 0.25) is 0 Å². The summed E-state index contributed by atoms with van der Waals surface area (Å²) in [4.78, 5) is 0. The molecule has 0 amide bonds. The zero-order chi connectivity index (χ0) is 12.6. The van der Waals surface area contributed by atoms with Crippen molar-refractivity contribution in [3.05, 3.63) is 0 Å². The normalized spacial score (nSPS) is 13.4. The Morgan fingerprint density at radius 2 is 2.00 bits per heavy atom. The molecule has 0 radical (unpaired) electrons. The molecule has 0 saturated carbocycles. The number of alkyl halides is 4. The van der Waals surface area contributed by atoms with Crippen molar-refractivity contribution in [2.45, 2.75) is 38.2 Å². The van der Waals surface area contributed by atoms with Gasteiger partial charge < -0.3 is 10.5 Å². The lowest BCUT2D eigenvalue weighted by Gasteiger charge is -2.17. The van der Waals surface area contributed by atoms with Crippen molar-refractivity contribution >= 4 is 0 Å². The first-order chi connectivity index (χ1) is 7.40. The molecule has 0 heterocycles. The maximum Gasteiger partial charge on any atom is 0.330 e. The molecule has 0 aliphatic heterocycles. The summed E-state index contributed by atoms with van der Waals surface area (Å²) in [6, 6.07) is -0.464. The highest BCUT2D eigenvalue weighted by Crippen LogP contribution is 2.22. The van der Waals surface area contributed by atoms with E-state index in [1.165, 1.54) is 0 Å². The number of nitrogens with two attached hydrogens (primary N) is 1. The number of hydrogen-bond donors (Lipinski definition) is 1. The van der Waals surface area contributed by atoms with Crippen LogP contribution in [-0.2, 0) is 4.74 Å². The molecule has 1 atom stereocenters. The van der Waals surface area contributed by atoms with Gasteiger partial charge in [-0.15, -0.1) is 11.8 Å². The average molecular weight is 241 g/mol. The highest BCUT2D eigenvalue weighted by molar-refractivity contribution is 4.95. The van der Waals surface area contributed by atoms with Gasteiger partial charge in [0.25, 0.3) is 0 Å². The smallest absolute Gasteiger partial charge is 0.330 e. The molecule has 1 unspecified atom stereocenters. The van der Waals surface area contributed by atoms with E-state index in [9.17, 15) is 17.6 Å². The van der Waals surface area contributed by atoms with Gasteiger partial charge in [-0.25, -0.2) is 8.78 Å². The molecule has 0 aliphatic carbocycles. The molecular formula is C10H15F4NO. The summed E-state index contributed by atoms with van der Waals surface area (Å²) in [7, 11) is 0. The second-order valence-corrected chi connectivity index (χ2v) is 3.30. The molecule has 0 bridgehead atoms. The van der Waals surface area contributed by atoms with Crippen molar-refractivity contribution in [3.63, 3.8) is 0 Å². The number of halogens is 4.